The van der Waals surface area contributed by atoms with Crippen molar-refractivity contribution in [2.45, 2.75) is 39.8 Å². The number of nitrogen functional groups attached to an aromatic ring is 1. The Kier molecular flexibility index (Phi) is 6.33. The summed E-state index contributed by atoms with van der Waals surface area (Å²) in [5, 5.41) is 2.82. The van der Waals surface area contributed by atoms with E-state index in [1.807, 2.05) is 0 Å². The fraction of sp³-hybridized carbons (Fsp3) is 0.467. The van der Waals surface area contributed by atoms with Crippen LogP contribution in [0.4, 0.5) is 5.69 Å². The minimum atomic E-state index is -0.362. The third-order valence-corrected chi connectivity index (χ3v) is 3.21. The molecule has 0 aliphatic heterocycles. The lowest BCUT2D eigenvalue weighted by Gasteiger charge is -2.29. The fourth-order valence-electron chi connectivity index (χ4n) is 2.12. The number of hydrogen-bond acceptors (Lipinski definition) is 4. The lowest BCUT2D eigenvalue weighted by atomic mass is 10.2. The van der Waals surface area contributed by atoms with E-state index >= 15 is 0 Å². The summed E-state index contributed by atoms with van der Waals surface area (Å²) in [7, 11) is 0. The van der Waals surface area contributed by atoms with Gasteiger partial charge in [0.25, 0.3) is 5.91 Å². The maximum absolute atomic E-state index is 12.1. The quantitative estimate of drug-likeness (QED) is 0.419. The molecule has 0 bridgehead atoms. The molecular weight excluding hydrogens is 268 g/mol. The van der Waals surface area contributed by atoms with Gasteiger partial charge in [-0.3, -0.25) is 19.9 Å². The first-order chi connectivity index (χ1) is 9.85. The topological polar surface area (TPSA) is 87.5 Å². The minimum absolute atomic E-state index is 0.0755. The third-order valence-electron chi connectivity index (χ3n) is 3.21. The van der Waals surface area contributed by atoms with Crippen LogP contribution in [0.2, 0.25) is 0 Å². The third kappa shape index (κ3) is 5.17. The van der Waals surface area contributed by atoms with Crippen molar-refractivity contribution in [3.63, 3.8) is 0 Å². The first-order valence-electron chi connectivity index (χ1n) is 7.01. The number of carbonyl (C=O) groups excluding carboxylic acids is 2. The second-order valence-electron chi connectivity index (χ2n) is 5.46. The van der Waals surface area contributed by atoms with Gasteiger partial charge in [0.05, 0.1) is 6.54 Å². The Balaban J connectivity index is 2.64. The molecule has 0 fully saturated rings. The smallest absolute Gasteiger partial charge is 0.265 e. The van der Waals surface area contributed by atoms with Crippen LogP contribution in [-0.4, -0.2) is 35.3 Å². The number of carbonyl (C=O) groups is 2. The molecule has 0 radical (unpaired) electrons. The van der Waals surface area contributed by atoms with Crippen molar-refractivity contribution in [1.82, 2.24) is 10.3 Å². The molecule has 0 atom stereocenters. The van der Waals surface area contributed by atoms with Gasteiger partial charge in [-0.15, -0.1) is 0 Å². The van der Waals surface area contributed by atoms with Gasteiger partial charge < -0.3 is 5.32 Å². The predicted octanol–water partition coefficient (Wildman–Crippen LogP) is 1.35. The van der Waals surface area contributed by atoms with Crippen LogP contribution in [0.5, 0.6) is 0 Å². The molecule has 116 valence electrons. The molecule has 1 aromatic rings. The van der Waals surface area contributed by atoms with E-state index in [9.17, 15) is 9.59 Å². The highest BCUT2D eigenvalue weighted by molar-refractivity contribution is 5.95. The molecule has 6 heteroatoms. The molecule has 21 heavy (non-hydrogen) atoms. The summed E-state index contributed by atoms with van der Waals surface area (Å²) in [6, 6.07) is 7.17. The molecule has 0 heterocycles. The van der Waals surface area contributed by atoms with E-state index < -0.39 is 0 Å². The molecule has 6 nitrogen and oxygen atoms in total. The number of hydrogen-bond donors (Lipinski definition) is 3. The number of hydrazine groups is 1. The Morgan fingerprint density at radius 2 is 1.62 bits per heavy atom. The molecule has 0 saturated heterocycles. The molecule has 0 saturated carbocycles. The van der Waals surface area contributed by atoms with Gasteiger partial charge >= 0.3 is 0 Å². The van der Waals surface area contributed by atoms with Crippen molar-refractivity contribution in [3.05, 3.63) is 29.8 Å². The van der Waals surface area contributed by atoms with Gasteiger partial charge in [0, 0.05) is 23.3 Å². The van der Waals surface area contributed by atoms with Gasteiger partial charge in [-0.2, -0.15) is 0 Å². The van der Waals surface area contributed by atoms with Gasteiger partial charge in [-0.05, 0) is 52.0 Å². The van der Waals surface area contributed by atoms with Crippen LogP contribution in [0.15, 0.2) is 24.3 Å². The molecule has 0 aromatic heterocycles. The number of nitrogens with one attached hydrogen (secondary N) is 2. The van der Waals surface area contributed by atoms with Crippen molar-refractivity contribution < 1.29 is 9.59 Å². The van der Waals surface area contributed by atoms with Gasteiger partial charge in [-0.25, -0.2) is 5.84 Å². The highest BCUT2D eigenvalue weighted by atomic mass is 16.2. The van der Waals surface area contributed by atoms with Crippen LogP contribution >= 0.6 is 0 Å². The molecule has 0 spiro atoms. The minimum Gasteiger partial charge on any atom is -0.325 e. The van der Waals surface area contributed by atoms with Gasteiger partial charge in [-0.1, -0.05) is 0 Å². The highest BCUT2D eigenvalue weighted by Gasteiger charge is 2.17. The Morgan fingerprint density at radius 3 is 2.05 bits per heavy atom. The molecule has 0 aliphatic carbocycles. The molecular formula is C15H24N4O2. The summed E-state index contributed by atoms with van der Waals surface area (Å²) in [6.07, 6.45) is 0. The second kappa shape index (κ2) is 7.75. The zero-order valence-electron chi connectivity index (χ0n) is 13.0. The number of rotatable bonds is 6. The first kappa shape index (κ1) is 17.1. The van der Waals surface area contributed by atoms with Gasteiger partial charge in [0.15, 0.2) is 0 Å². The lowest BCUT2D eigenvalue weighted by molar-refractivity contribution is -0.118. The predicted molar refractivity (Wildman–Crippen MR) is 83.7 cm³/mol. The van der Waals surface area contributed by atoms with E-state index in [4.69, 9.17) is 5.84 Å². The van der Waals surface area contributed by atoms with Crippen LogP contribution in [0.25, 0.3) is 0 Å². The average molecular weight is 292 g/mol. The van der Waals surface area contributed by atoms with Gasteiger partial charge in [0.2, 0.25) is 5.91 Å². The zero-order valence-corrected chi connectivity index (χ0v) is 13.0. The fourth-order valence-corrected chi connectivity index (χ4v) is 2.12. The number of nitrogens with two attached hydrogens (primary N) is 1. The van der Waals surface area contributed by atoms with E-state index in [1.54, 1.807) is 24.3 Å². The Labute approximate surface area is 125 Å². The number of benzene rings is 1. The summed E-state index contributed by atoms with van der Waals surface area (Å²) in [5.41, 5.74) is 3.16. The Bertz CT molecular complexity index is 475. The summed E-state index contributed by atoms with van der Waals surface area (Å²) in [5.74, 6) is 4.62. The summed E-state index contributed by atoms with van der Waals surface area (Å²) in [6.45, 7) is 8.59. The molecule has 1 aromatic carbocycles. The summed E-state index contributed by atoms with van der Waals surface area (Å²) in [4.78, 5) is 25.5. The summed E-state index contributed by atoms with van der Waals surface area (Å²) < 4.78 is 0. The monoisotopic (exact) mass is 292 g/mol. The first-order valence-corrected chi connectivity index (χ1v) is 7.01. The maximum Gasteiger partial charge on any atom is 0.265 e. The van der Waals surface area contributed by atoms with Crippen molar-refractivity contribution >= 4 is 17.5 Å². The molecule has 4 N–H and O–H groups in total. The highest BCUT2D eigenvalue weighted by Crippen LogP contribution is 2.10. The van der Waals surface area contributed by atoms with Crippen molar-refractivity contribution in [2.75, 3.05) is 11.9 Å². The number of anilines is 1. The van der Waals surface area contributed by atoms with E-state index in [-0.39, 0.29) is 11.8 Å². The molecule has 0 unspecified atom stereocenters. The largest absolute Gasteiger partial charge is 0.325 e. The second-order valence-corrected chi connectivity index (χ2v) is 5.46. The SMILES string of the molecule is CC(C)N(CC(=O)Nc1ccc(C(=O)NN)cc1)C(C)C. The van der Waals surface area contributed by atoms with E-state index in [2.05, 4.69) is 43.3 Å². The Morgan fingerprint density at radius 1 is 1.10 bits per heavy atom. The lowest BCUT2D eigenvalue weighted by Crippen LogP contribution is -2.42. The number of nitrogens with zero attached hydrogens (tertiary/aromatic N) is 1. The van der Waals surface area contributed by atoms with Crippen molar-refractivity contribution in [3.8, 4) is 0 Å². The molecule has 0 aliphatic rings. The van der Waals surface area contributed by atoms with E-state index in [0.717, 1.165) is 0 Å². The van der Waals surface area contributed by atoms with Gasteiger partial charge in [0.1, 0.15) is 0 Å². The van der Waals surface area contributed by atoms with Crippen molar-refractivity contribution in [1.29, 1.82) is 0 Å². The Hall–Kier alpha value is -1.92. The maximum atomic E-state index is 12.1. The average Bonchev–Trinajstić information content (AvgIpc) is 2.44. The molecule has 1 rings (SSSR count). The normalized spacial score (nSPS) is 11.0. The standard InChI is InChI=1S/C15H24N4O2/c1-10(2)19(11(3)4)9-14(20)17-13-7-5-12(6-8-13)15(21)18-16/h5-8,10-11H,9,16H2,1-4H3,(H,17,20)(H,18,21). The van der Waals surface area contributed by atoms with Crippen LogP contribution in [0, 0.1) is 0 Å². The van der Waals surface area contributed by atoms with Crippen LogP contribution < -0.4 is 16.6 Å². The molecule has 2 amide bonds. The van der Waals surface area contributed by atoms with Crippen LogP contribution in [-0.2, 0) is 4.79 Å². The van der Waals surface area contributed by atoms with Crippen molar-refractivity contribution in [2.24, 2.45) is 5.84 Å². The van der Waals surface area contributed by atoms with E-state index in [1.165, 1.54) is 0 Å². The summed E-state index contributed by atoms with van der Waals surface area (Å²) >= 11 is 0. The van der Waals surface area contributed by atoms with Crippen LogP contribution in [0.3, 0.4) is 0 Å². The zero-order chi connectivity index (χ0) is 16.0. The number of amides is 2. The van der Waals surface area contributed by atoms with E-state index in [0.29, 0.717) is 29.9 Å². The van der Waals surface area contributed by atoms with Crippen LogP contribution in [0.1, 0.15) is 38.1 Å².